The van der Waals surface area contributed by atoms with Crippen LogP contribution in [0.5, 0.6) is 5.75 Å². The number of amides is 1. The Morgan fingerprint density at radius 2 is 2.32 bits per heavy atom. The molecule has 0 aliphatic carbocycles. The van der Waals surface area contributed by atoms with Gasteiger partial charge < -0.3 is 15.4 Å². The molecule has 4 nitrogen and oxygen atoms in total. The predicted octanol–water partition coefficient (Wildman–Crippen LogP) is 2.51. The maximum absolute atomic E-state index is 12.5. The summed E-state index contributed by atoms with van der Waals surface area (Å²) in [6, 6.07) is 3.18. The second kappa shape index (κ2) is 5.92. The number of nitrogens with two attached hydrogens (primary N) is 1. The Bertz CT molecular complexity index is 496. The molecule has 0 aromatic heterocycles. The fourth-order valence-corrected chi connectivity index (χ4v) is 3.26. The minimum atomic E-state index is -0.0501. The van der Waals surface area contributed by atoms with Crippen molar-refractivity contribution in [2.45, 2.75) is 12.2 Å². The van der Waals surface area contributed by atoms with Crippen LogP contribution in [0.15, 0.2) is 12.1 Å². The third-order valence-electron chi connectivity index (χ3n) is 3.08. The number of ether oxygens (including phenoxy) is 1. The first-order chi connectivity index (χ1) is 9.02. The predicted molar refractivity (Wildman–Crippen MR) is 80.2 cm³/mol. The second-order valence-corrected chi connectivity index (χ2v) is 6.46. The molecule has 1 aromatic rings. The summed E-state index contributed by atoms with van der Waals surface area (Å²) in [6.07, 6.45) is 0. The van der Waals surface area contributed by atoms with Gasteiger partial charge in [0.1, 0.15) is 5.75 Å². The monoisotopic (exact) mass is 300 g/mol. The third-order valence-corrected chi connectivity index (χ3v) is 4.54. The van der Waals surface area contributed by atoms with Crippen molar-refractivity contribution in [1.29, 1.82) is 0 Å². The van der Waals surface area contributed by atoms with Crippen LogP contribution < -0.4 is 10.5 Å². The number of thioether (sulfide) groups is 1. The maximum Gasteiger partial charge on any atom is 0.257 e. The molecule has 0 spiro atoms. The number of carbonyl (C=O) groups excluding carboxylic acids is 1. The van der Waals surface area contributed by atoms with Gasteiger partial charge in [-0.1, -0.05) is 18.5 Å². The molecule has 1 heterocycles. The normalized spacial score (nSPS) is 19.3. The fraction of sp³-hybridized carbons (Fsp3) is 0.462. The zero-order chi connectivity index (χ0) is 14.0. The molecule has 1 unspecified atom stereocenters. The highest BCUT2D eigenvalue weighted by atomic mass is 35.5. The molecule has 104 valence electrons. The molecule has 1 aliphatic rings. The zero-order valence-electron chi connectivity index (χ0n) is 11.0. The molecule has 1 amide bonds. The first-order valence-corrected chi connectivity index (χ1v) is 7.49. The number of halogens is 1. The number of nitrogen functional groups attached to an aromatic ring is 1. The highest BCUT2D eigenvalue weighted by Gasteiger charge is 2.25. The quantitative estimate of drug-likeness (QED) is 0.853. The van der Waals surface area contributed by atoms with Crippen LogP contribution in [-0.4, -0.2) is 42.0 Å². The van der Waals surface area contributed by atoms with Gasteiger partial charge in [-0.05, 0) is 6.07 Å². The van der Waals surface area contributed by atoms with E-state index < -0.39 is 0 Å². The first kappa shape index (κ1) is 14.3. The number of carbonyl (C=O) groups is 1. The van der Waals surface area contributed by atoms with Gasteiger partial charge in [0.05, 0.1) is 23.4 Å². The largest absolute Gasteiger partial charge is 0.496 e. The lowest BCUT2D eigenvalue weighted by atomic mass is 10.1. The second-order valence-electron chi connectivity index (χ2n) is 4.51. The van der Waals surface area contributed by atoms with Gasteiger partial charge in [0, 0.05) is 30.2 Å². The standard InChI is InChI=1S/C13H17ClN2O2S/c1-8-7-16(3-4-19-8)13(17)9-5-10(14)11(15)6-12(9)18-2/h5-6,8H,3-4,7,15H2,1-2H3. The summed E-state index contributed by atoms with van der Waals surface area (Å²) in [6.45, 7) is 3.62. The number of methoxy groups -OCH3 is 1. The zero-order valence-corrected chi connectivity index (χ0v) is 12.6. The van der Waals surface area contributed by atoms with Crippen molar-refractivity contribution in [1.82, 2.24) is 4.90 Å². The summed E-state index contributed by atoms with van der Waals surface area (Å²) in [5.74, 6) is 1.38. The number of hydrogen-bond donors (Lipinski definition) is 1. The van der Waals surface area contributed by atoms with Crippen LogP contribution in [0, 0.1) is 0 Å². The summed E-state index contributed by atoms with van der Waals surface area (Å²) < 4.78 is 5.23. The van der Waals surface area contributed by atoms with Crippen molar-refractivity contribution >= 4 is 35.0 Å². The lowest BCUT2D eigenvalue weighted by Gasteiger charge is -2.31. The van der Waals surface area contributed by atoms with Gasteiger partial charge in [0.2, 0.25) is 0 Å². The molecule has 6 heteroatoms. The minimum Gasteiger partial charge on any atom is -0.496 e. The minimum absolute atomic E-state index is 0.0501. The van der Waals surface area contributed by atoms with E-state index in [0.29, 0.717) is 27.3 Å². The average molecular weight is 301 g/mol. The fourth-order valence-electron chi connectivity index (χ4n) is 2.08. The summed E-state index contributed by atoms with van der Waals surface area (Å²) >= 11 is 7.88. The lowest BCUT2D eigenvalue weighted by molar-refractivity contribution is 0.0760. The van der Waals surface area contributed by atoms with Crippen LogP contribution >= 0.6 is 23.4 Å². The number of hydrogen-bond acceptors (Lipinski definition) is 4. The number of benzene rings is 1. The van der Waals surface area contributed by atoms with Crippen molar-refractivity contribution in [2.24, 2.45) is 0 Å². The van der Waals surface area contributed by atoms with E-state index in [0.717, 1.165) is 18.8 Å². The van der Waals surface area contributed by atoms with E-state index in [9.17, 15) is 4.79 Å². The van der Waals surface area contributed by atoms with Crippen LogP contribution in [0.4, 0.5) is 5.69 Å². The smallest absolute Gasteiger partial charge is 0.257 e. The molecule has 0 radical (unpaired) electrons. The van der Waals surface area contributed by atoms with E-state index in [-0.39, 0.29) is 5.91 Å². The Morgan fingerprint density at radius 1 is 1.58 bits per heavy atom. The first-order valence-electron chi connectivity index (χ1n) is 6.06. The topological polar surface area (TPSA) is 55.6 Å². The lowest BCUT2D eigenvalue weighted by Crippen LogP contribution is -2.41. The Labute approximate surface area is 122 Å². The van der Waals surface area contributed by atoms with Crippen molar-refractivity contribution in [3.05, 3.63) is 22.7 Å². The van der Waals surface area contributed by atoms with Gasteiger partial charge in [-0.3, -0.25) is 4.79 Å². The molecule has 0 bridgehead atoms. The number of anilines is 1. The Kier molecular flexibility index (Phi) is 4.47. The van der Waals surface area contributed by atoms with Crippen LogP contribution in [0.2, 0.25) is 5.02 Å². The molecule has 0 saturated carbocycles. The van der Waals surface area contributed by atoms with Crippen molar-refractivity contribution < 1.29 is 9.53 Å². The SMILES string of the molecule is COc1cc(N)c(Cl)cc1C(=O)N1CCSC(C)C1. The van der Waals surface area contributed by atoms with E-state index in [1.54, 1.807) is 12.1 Å². The van der Waals surface area contributed by atoms with E-state index in [1.165, 1.54) is 7.11 Å². The maximum atomic E-state index is 12.5. The third kappa shape index (κ3) is 3.09. The van der Waals surface area contributed by atoms with Gasteiger partial charge in [0.15, 0.2) is 0 Å². The van der Waals surface area contributed by atoms with E-state index in [4.69, 9.17) is 22.1 Å². The summed E-state index contributed by atoms with van der Waals surface area (Å²) in [7, 11) is 1.52. The Balaban J connectivity index is 2.30. The van der Waals surface area contributed by atoms with Gasteiger partial charge >= 0.3 is 0 Å². The molecular formula is C13H17ClN2O2S. The summed E-state index contributed by atoms with van der Waals surface area (Å²) in [5, 5.41) is 0.830. The van der Waals surface area contributed by atoms with Crippen LogP contribution in [0.1, 0.15) is 17.3 Å². The van der Waals surface area contributed by atoms with Gasteiger partial charge in [-0.2, -0.15) is 11.8 Å². The van der Waals surface area contributed by atoms with Crippen LogP contribution in [-0.2, 0) is 0 Å². The van der Waals surface area contributed by atoms with E-state index in [1.807, 2.05) is 16.7 Å². The van der Waals surface area contributed by atoms with E-state index in [2.05, 4.69) is 6.92 Å². The average Bonchev–Trinajstić information content (AvgIpc) is 2.40. The molecule has 19 heavy (non-hydrogen) atoms. The molecule has 1 aliphatic heterocycles. The van der Waals surface area contributed by atoms with Crippen LogP contribution in [0.25, 0.3) is 0 Å². The number of rotatable bonds is 2. The Hall–Kier alpha value is -1.07. The molecule has 1 fully saturated rings. The number of nitrogens with zero attached hydrogens (tertiary/aromatic N) is 1. The van der Waals surface area contributed by atoms with Crippen LogP contribution in [0.3, 0.4) is 0 Å². The molecule has 2 N–H and O–H groups in total. The van der Waals surface area contributed by atoms with Gasteiger partial charge in [0.25, 0.3) is 5.91 Å². The van der Waals surface area contributed by atoms with E-state index >= 15 is 0 Å². The van der Waals surface area contributed by atoms with Gasteiger partial charge in [-0.25, -0.2) is 0 Å². The highest BCUT2D eigenvalue weighted by molar-refractivity contribution is 7.99. The highest BCUT2D eigenvalue weighted by Crippen LogP contribution is 2.30. The molecule has 2 rings (SSSR count). The Morgan fingerprint density at radius 3 is 2.95 bits per heavy atom. The summed E-state index contributed by atoms with van der Waals surface area (Å²) in [5.41, 5.74) is 6.61. The van der Waals surface area contributed by atoms with Crippen molar-refractivity contribution in [3.8, 4) is 5.75 Å². The molecular weight excluding hydrogens is 284 g/mol. The van der Waals surface area contributed by atoms with Crippen molar-refractivity contribution in [2.75, 3.05) is 31.7 Å². The molecule has 1 atom stereocenters. The summed E-state index contributed by atoms with van der Waals surface area (Å²) in [4.78, 5) is 14.4. The molecule has 1 saturated heterocycles. The van der Waals surface area contributed by atoms with Gasteiger partial charge in [-0.15, -0.1) is 0 Å². The molecule has 1 aromatic carbocycles. The van der Waals surface area contributed by atoms with Crippen molar-refractivity contribution in [3.63, 3.8) is 0 Å².